The van der Waals surface area contributed by atoms with E-state index in [4.69, 9.17) is 16.3 Å². The molecule has 0 saturated carbocycles. The maximum atomic E-state index is 5.86. The third kappa shape index (κ3) is 4.22. The summed E-state index contributed by atoms with van der Waals surface area (Å²) in [5.74, 6) is 0.819. The Labute approximate surface area is 138 Å². The maximum absolute atomic E-state index is 5.86. The first-order chi connectivity index (χ1) is 10.0. The number of nitrogens with zero attached hydrogens (tertiary/aromatic N) is 2. The minimum atomic E-state index is 0.201. The molecule has 0 aliphatic carbocycles. The van der Waals surface area contributed by atoms with Crippen LogP contribution in [-0.4, -0.2) is 29.5 Å². The molecule has 0 aliphatic heterocycles. The standard InChI is InChI=1S/C15H19BrClN3O/c1-10-15(16)14(20(3)19-10)8-12(18-2)9-21-13-6-4-11(17)5-7-13/h4-7,12,18H,8-9H2,1-3H3. The Hall–Kier alpha value is -1.04. The van der Waals surface area contributed by atoms with E-state index in [0.717, 1.165) is 28.0 Å². The van der Waals surface area contributed by atoms with Gasteiger partial charge < -0.3 is 10.1 Å². The number of benzene rings is 1. The number of hydrogen-bond donors (Lipinski definition) is 1. The van der Waals surface area contributed by atoms with Crippen LogP contribution in [0.5, 0.6) is 5.75 Å². The molecular formula is C15H19BrClN3O. The lowest BCUT2D eigenvalue weighted by Gasteiger charge is -2.17. The van der Waals surface area contributed by atoms with Gasteiger partial charge in [0.05, 0.1) is 15.9 Å². The van der Waals surface area contributed by atoms with Gasteiger partial charge >= 0.3 is 0 Å². The topological polar surface area (TPSA) is 39.1 Å². The Morgan fingerprint density at radius 2 is 2.05 bits per heavy atom. The Kier molecular flexibility index (Phi) is 5.67. The largest absolute Gasteiger partial charge is 0.492 e. The molecule has 21 heavy (non-hydrogen) atoms. The molecule has 2 rings (SSSR count). The van der Waals surface area contributed by atoms with Crippen LogP contribution in [0.3, 0.4) is 0 Å². The molecule has 1 heterocycles. The summed E-state index contributed by atoms with van der Waals surface area (Å²) in [5.41, 5.74) is 2.16. The molecule has 6 heteroatoms. The molecule has 0 fully saturated rings. The van der Waals surface area contributed by atoms with E-state index in [9.17, 15) is 0 Å². The van der Waals surface area contributed by atoms with Crippen LogP contribution in [0, 0.1) is 6.92 Å². The van der Waals surface area contributed by atoms with Crippen molar-refractivity contribution in [2.45, 2.75) is 19.4 Å². The van der Waals surface area contributed by atoms with Crippen LogP contribution in [0.4, 0.5) is 0 Å². The number of aromatic nitrogens is 2. The highest BCUT2D eigenvalue weighted by atomic mass is 79.9. The first-order valence-corrected chi connectivity index (χ1v) is 7.92. The average Bonchev–Trinajstić information content (AvgIpc) is 2.71. The normalized spacial score (nSPS) is 12.4. The van der Waals surface area contributed by atoms with E-state index in [2.05, 4.69) is 26.3 Å². The van der Waals surface area contributed by atoms with E-state index in [1.807, 2.05) is 50.0 Å². The number of hydrogen-bond acceptors (Lipinski definition) is 3. The Bertz CT molecular complexity index is 598. The molecule has 0 amide bonds. The van der Waals surface area contributed by atoms with Gasteiger partial charge in [-0.25, -0.2) is 0 Å². The van der Waals surface area contributed by atoms with Gasteiger partial charge in [0.1, 0.15) is 12.4 Å². The SMILES string of the molecule is CNC(COc1ccc(Cl)cc1)Cc1c(Br)c(C)nn1C. The summed E-state index contributed by atoms with van der Waals surface area (Å²) in [6, 6.07) is 7.60. The van der Waals surface area contributed by atoms with E-state index >= 15 is 0 Å². The lowest BCUT2D eigenvalue weighted by Crippen LogP contribution is -2.34. The number of aryl methyl sites for hydroxylation is 2. The molecular weight excluding hydrogens is 354 g/mol. The number of likely N-dealkylation sites (N-methyl/N-ethyl adjacent to an activating group) is 1. The van der Waals surface area contributed by atoms with Crippen LogP contribution in [0.2, 0.25) is 5.02 Å². The van der Waals surface area contributed by atoms with Crippen LogP contribution >= 0.6 is 27.5 Å². The molecule has 1 atom stereocenters. The number of rotatable bonds is 6. The average molecular weight is 373 g/mol. The predicted molar refractivity (Wildman–Crippen MR) is 89.1 cm³/mol. The predicted octanol–water partition coefficient (Wildman–Crippen LogP) is 3.35. The molecule has 2 aromatic rings. The van der Waals surface area contributed by atoms with Gasteiger partial charge in [-0.2, -0.15) is 5.10 Å². The third-order valence-corrected chi connectivity index (χ3v) is 4.66. The molecule has 114 valence electrons. The molecule has 4 nitrogen and oxygen atoms in total. The van der Waals surface area contributed by atoms with E-state index in [1.54, 1.807) is 0 Å². The summed E-state index contributed by atoms with van der Waals surface area (Å²) in [5, 5.41) is 8.41. The monoisotopic (exact) mass is 371 g/mol. The molecule has 0 aliphatic rings. The fraction of sp³-hybridized carbons (Fsp3) is 0.400. The number of nitrogens with one attached hydrogen (secondary N) is 1. The van der Waals surface area contributed by atoms with E-state index in [0.29, 0.717) is 11.6 Å². The van der Waals surface area contributed by atoms with Crippen molar-refractivity contribution in [3.8, 4) is 5.75 Å². The Morgan fingerprint density at radius 3 is 2.57 bits per heavy atom. The number of ether oxygens (including phenoxy) is 1. The van der Waals surface area contributed by atoms with Crippen LogP contribution in [0.1, 0.15) is 11.4 Å². The van der Waals surface area contributed by atoms with Crippen LogP contribution in [0.25, 0.3) is 0 Å². The van der Waals surface area contributed by atoms with E-state index in [1.165, 1.54) is 0 Å². The van der Waals surface area contributed by atoms with Crippen molar-refractivity contribution in [3.63, 3.8) is 0 Å². The number of halogens is 2. The van der Waals surface area contributed by atoms with Crippen LogP contribution in [-0.2, 0) is 13.5 Å². The van der Waals surface area contributed by atoms with Gasteiger partial charge in [-0.3, -0.25) is 4.68 Å². The van der Waals surface area contributed by atoms with Crippen molar-refractivity contribution < 1.29 is 4.74 Å². The fourth-order valence-corrected chi connectivity index (χ4v) is 2.73. The van der Waals surface area contributed by atoms with Crippen molar-refractivity contribution in [2.75, 3.05) is 13.7 Å². The minimum Gasteiger partial charge on any atom is -0.492 e. The van der Waals surface area contributed by atoms with Gasteiger partial charge in [0, 0.05) is 24.5 Å². The highest BCUT2D eigenvalue weighted by Gasteiger charge is 2.16. The van der Waals surface area contributed by atoms with Crippen molar-refractivity contribution >= 4 is 27.5 Å². The maximum Gasteiger partial charge on any atom is 0.119 e. The van der Waals surface area contributed by atoms with Crippen molar-refractivity contribution in [2.24, 2.45) is 7.05 Å². The second kappa shape index (κ2) is 7.29. The Balaban J connectivity index is 1.98. The molecule has 1 aromatic carbocycles. The van der Waals surface area contributed by atoms with E-state index < -0.39 is 0 Å². The second-order valence-electron chi connectivity index (χ2n) is 4.92. The highest BCUT2D eigenvalue weighted by Crippen LogP contribution is 2.22. The van der Waals surface area contributed by atoms with Gasteiger partial charge in [-0.1, -0.05) is 11.6 Å². The molecule has 0 saturated heterocycles. The zero-order valence-corrected chi connectivity index (χ0v) is 14.7. The summed E-state index contributed by atoms with van der Waals surface area (Å²) in [6.07, 6.45) is 0.835. The zero-order chi connectivity index (χ0) is 15.4. The Morgan fingerprint density at radius 1 is 1.38 bits per heavy atom. The molecule has 1 aromatic heterocycles. The van der Waals surface area contributed by atoms with Gasteiger partial charge in [-0.05, 0) is 54.2 Å². The molecule has 1 N–H and O–H groups in total. The van der Waals surface area contributed by atoms with Gasteiger partial charge in [0.25, 0.3) is 0 Å². The summed E-state index contributed by atoms with van der Waals surface area (Å²) in [7, 11) is 3.90. The second-order valence-corrected chi connectivity index (χ2v) is 6.15. The van der Waals surface area contributed by atoms with E-state index in [-0.39, 0.29) is 6.04 Å². The van der Waals surface area contributed by atoms with Gasteiger partial charge in [-0.15, -0.1) is 0 Å². The lowest BCUT2D eigenvalue weighted by molar-refractivity contribution is 0.268. The van der Waals surface area contributed by atoms with Crippen molar-refractivity contribution in [1.29, 1.82) is 0 Å². The fourth-order valence-electron chi connectivity index (χ4n) is 2.11. The summed E-state index contributed by atoms with van der Waals surface area (Å²) < 4.78 is 8.78. The summed E-state index contributed by atoms with van der Waals surface area (Å²) in [4.78, 5) is 0. The lowest BCUT2D eigenvalue weighted by atomic mass is 10.1. The molecule has 0 radical (unpaired) electrons. The zero-order valence-electron chi connectivity index (χ0n) is 12.4. The highest BCUT2D eigenvalue weighted by molar-refractivity contribution is 9.10. The minimum absolute atomic E-state index is 0.201. The molecule has 0 bridgehead atoms. The molecule has 1 unspecified atom stereocenters. The van der Waals surface area contributed by atoms with Crippen LogP contribution in [0.15, 0.2) is 28.7 Å². The van der Waals surface area contributed by atoms with Crippen LogP contribution < -0.4 is 10.1 Å². The summed E-state index contributed by atoms with van der Waals surface area (Å²) >= 11 is 9.46. The third-order valence-electron chi connectivity index (χ3n) is 3.37. The summed E-state index contributed by atoms with van der Waals surface area (Å²) in [6.45, 7) is 2.57. The first-order valence-electron chi connectivity index (χ1n) is 6.75. The molecule has 0 spiro atoms. The quantitative estimate of drug-likeness (QED) is 0.845. The first kappa shape index (κ1) is 16.3. The van der Waals surface area contributed by atoms with Gasteiger partial charge in [0.2, 0.25) is 0 Å². The smallest absolute Gasteiger partial charge is 0.119 e. The van der Waals surface area contributed by atoms with Crippen molar-refractivity contribution in [3.05, 3.63) is 45.1 Å². The van der Waals surface area contributed by atoms with Gasteiger partial charge in [0.15, 0.2) is 0 Å². The van der Waals surface area contributed by atoms with Crippen molar-refractivity contribution in [1.82, 2.24) is 15.1 Å².